The maximum atomic E-state index is 14.6. The number of benzene rings is 2. The van der Waals surface area contributed by atoms with Crippen LogP contribution in [0, 0.1) is 5.82 Å². The van der Waals surface area contributed by atoms with Crippen molar-refractivity contribution in [2.24, 2.45) is 12.0 Å². The number of hydrogen-bond acceptors (Lipinski definition) is 3. The third-order valence-electron chi connectivity index (χ3n) is 4.93. The number of nitrogens with one attached hydrogen (secondary N) is 2. The van der Waals surface area contributed by atoms with Crippen LogP contribution >= 0.6 is 0 Å². The number of anilines is 2. The van der Waals surface area contributed by atoms with E-state index in [1.165, 1.54) is 11.0 Å². The first-order valence-corrected chi connectivity index (χ1v) is 9.34. The van der Waals surface area contributed by atoms with E-state index in [9.17, 15) is 14.0 Å². The van der Waals surface area contributed by atoms with Crippen molar-refractivity contribution < 1.29 is 14.0 Å². The maximum absolute atomic E-state index is 14.6. The first-order chi connectivity index (χ1) is 14.5. The summed E-state index contributed by atoms with van der Waals surface area (Å²) in [5.74, 6) is -0.339. The van der Waals surface area contributed by atoms with Gasteiger partial charge in [-0.15, -0.1) is 0 Å². The smallest absolute Gasteiger partial charge is 0.322 e. The molecule has 1 aromatic heterocycles. The van der Waals surface area contributed by atoms with Crippen LogP contribution in [0.1, 0.15) is 11.1 Å². The van der Waals surface area contributed by atoms with Crippen LogP contribution in [0.4, 0.5) is 20.7 Å². The van der Waals surface area contributed by atoms with Crippen molar-refractivity contribution in [2.75, 3.05) is 17.3 Å². The average Bonchev–Trinajstić information content (AvgIpc) is 3.11. The fourth-order valence-corrected chi connectivity index (χ4v) is 3.35. The number of carbonyl (C=O) groups excluding carboxylic acids is 2. The lowest BCUT2D eigenvalue weighted by molar-refractivity contribution is -0.119. The molecule has 3 amide bonds. The molecule has 0 aliphatic carbocycles. The molecule has 1 aliphatic rings. The highest BCUT2D eigenvalue weighted by atomic mass is 19.1. The number of amides is 3. The third kappa shape index (κ3) is 3.55. The number of hydrogen-bond donors (Lipinski definition) is 2. The number of halogens is 1. The summed E-state index contributed by atoms with van der Waals surface area (Å²) < 4.78 is 16.3. The first kappa shape index (κ1) is 19.4. The zero-order valence-electron chi connectivity index (χ0n) is 16.5. The van der Waals surface area contributed by atoms with Crippen molar-refractivity contribution in [1.82, 2.24) is 9.88 Å². The first-order valence-electron chi connectivity index (χ1n) is 9.34. The minimum atomic E-state index is -1.22. The summed E-state index contributed by atoms with van der Waals surface area (Å²) in [6.07, 6.45) is 0.558. The van der Waals surface area contributed by atoms with Gasteiger partial charge in [-0.3, -0.25) is 10.1 Å². The number of likely N-dealkylation sites (N-methyl/N-ethyl adjacent to an activating group) is 1. The molecule has 0 saturated carbocycles. The molecule has 3 aromatic rings. The van der Waals surface area contributed by atoms with Gasteiger partial charge in [-0.25, -0.2) is 14.2 Å². The molecule has 0 spiro atoms. The van der Waals surface area contributed by atoms with Crippen molar-refractivity contribution in [2.45, 2.75) is 6.17 Å². The van der Waals surface area contributed by atoms with E-state index in [0.717, 1.165) is 0 Å². The minimum Gasteiger partial charge on any atom is -0.338 e. The Labute approximate surface area is 172 Å². The molecule has 0 bridgehead atoms. The molecule has 2 heterocycles. The van der Waals surface area contributed by atoms with Gasteiger partial charge in [-0.1, -0.05) is 30.3 Å². The lowest BCUT2D eigenvalue weighted by atomic mass is 10.00. The van der Waals surface area contributed by atoms with Gasteiger partial charge < -0.3 is 14.8 Å². The van der Waals surface area contributed by atoms with Gasteiger partial charge in [0.15, 0.2) is 0 Å². The molecule has 7 nitrogen and oxygen atoms in total. The molecule has 30 heavy (non-hydrogen) atoms. The monoisotopic (exact) mass is 405 g/mol. The molecule has 0 saturated heterocycles. The lowest BCUT2D eigenvalue weighted by Crippen LogP contribution is -2.47. The van der Waals surface area contributed by atoms with Crippen molar-refractivity contribution in [3.05, 3.63) is 83.8 Å². The van der Waals surface area contributed by atoms with Crippen LogP contribution < -0.4 is 15.5 Å². The van der Waals surface area contributed by atoms with E-state index < -0.39 is 23.9 Å². The summed E-state index contributed by atoms with van der Waals surface area (Å²) in [5, 5.41) is 5.27. The number of benzodiazepines with no additional fused rings is 1. The van der Waals surface area contributed by atoms with Crippen molar-refractivity contribution >= 4 is 29.2 Å². The quantitative estimate of drug-likeness (QED) is 0.702. The Bertz CT molecular complexity index is 1150. The number of aryl methyl sites for hydroxylation is 1. The number of nitrogens with zero attached hydrogens (tertiary/aromatic N) is 3. The SMILES string of the molecule is CN1C(=O)C(NC(=O)Nc2cccn2C)N=C(c2ccccc2F)c2ccccc21. The predicted octanol–water partition coefficient (Wildman–Crippen LogP) is 3.13. The number of fused-ring (bicyclic) bond motifs is 1. The highest BCUT2D eigenvalue weighted by Crippen LogP contribution is 2.28. The van der Waals surface area contributed by atoms with Crippen LogP contribution in [0.3, 0.4) is 0 Å². The number of rotatable bonds is 3. The standard InChI is InChI=1S/C22H20FN5O2/c1-27-13-7-12-18(27)24-22(30)26-20-21(29)28(2)17-11-6-4-9-15(17)19(25-20)14-8-3-5-10-16(14)23/h3-13,20H,1-2H3,(H2,24,26,30). The molecule has 2 N–H and O–H groups in total. The number of aliphatic imine (C=N–C) groups is 1. The van der Waals surface area contributed by atoms with Gasteiger partial charge in [0.2, 0.25) is 6.17 Å². The van der Waals surface area contributed by atoms with Gasteiger partial charge in [-0.05, 0) is 30.3 Å². The van der Waals surface area contributed by atoms with E-state index in [1.807, 2.05) is 0 Å². The predicted molar refractivity (Wildman–Crippen MR) is 113 cm³/mol. The van der Waals surface area contributed by atoms with E-state index in [1.54, 1.807) is 79.5 Å². The molecular weight excluding hydrogens is 385 g/mol. The second-order valence-corrected chi connectivity index (χ2v) is 6.88. The molecule has 152 valence electrons. The fourth-order valence-electron chi connectivity index (χ4n) is 3.35. The lowest BCUT2D eigenvalue weighted by Gasteiger charge is -2.21. The van der Waals surface area contributed by atoms with Gasteiger partial charge in [0.1, 0.15) is 11.6 Å². The van der Waals surface area contributed by atoms with Gasteiger partial charge in [0.25, 0.3) is 5.91 Å². The second-order valence-electron chi connectivity index (χ2n) is 6.88. The zero-order valence-corrected chi connectivity index (χ0v) is 16.5. The number of aromatic nitrogens is 1. The van der Waals surface area contributed by atoms with E-state index in [2.05, 4.69) is 15.6 Å². The Morgan fingerprint density at radius 1 is 1.00 bits per heavy atom. The van der Waals surface area contributed by atoms with E-state index in [4.69, 9.17) is 0 Å². The summed E-state index contributed by atoms with van der Waals surface area (Å²) in [5.41, 5.74) is 1.73. The molecule has 0 radical (unpaired) electrons. The van der Waals surface area contributed by atoms with E-state index in [-0.39, 0.29) is 5.56 Å². The Kier molecular flexibility index (Phi) is 5.05. The van der Waals surface area contributed by atoms with Crippen molar-refractivity contribution in [3.63, 3.8) is 0 Å². The Morgan fingerprint density at radius 3 is 2.40 bits per heavy atom. The molecule has 8 heteroatoms. The molecule has 0 fully saturated rings. The van der Waals surface area contributed by atoms with Gasteiger partial charge in [-0.2, -0.15) is 0 Å². The van der Waals surface area contributed by atoms with Crippen LogP contribution in [0.15, 0.2) is 71.9 Å². The molecular formula is C22H20FN5O2. The van der Waals surface area contributed by atoms with Crippen LogP contribution in [-0.4, -0.2) is 35.4 Å². The number of carbonyl (C=O) groups is 2. The largest absolute Gasteiger partial charge is 0.338 e. The summed E-state index contributed by atoms with van der Waals surface area (Å²) >= 11 is 0. The Hall–Kier alpha value is -3.94. The molecule has 1 unspecified atom stereocenters. The molecule has 1 aliphatic heterocycles. The molecule has 2 aromatic carbocycles. The summed E-state index contributed by atoms with van der Waals surface area (Å²) in [6.45, 7) is 0. The Balaban J connectivity index is 1.74. The zero-order chi connectivity index (χ0) is 21.3. The molecule has 1 atom stereocenters. The highest BCUT2D eigenvalue weighted by Gasteiger charge is 2.31. The van der Waals surface area contributed by atoms with Gasteiger partial charge in [0.05, 0.1) is 11.4 Å². The minimum absolute atomic E-state index is 0.252. The Morgan fingerprint density at radius 2 is 1.70 bits per heavy atom. The third-order valence-corrected chi connectivity index (χ3v) is 4.93. The van der Waals surface area contributed by atoms with Crippen LogP contribution in [0.5, 0.6) is 0 Å². The van der Waals surface area contributed by atoms with E-state index >= 15 is 0 Å². The molecule has 4 rings (SSSR count). The van der Waals surface area contributed by atoms with Crippen LogP contribution in [0.2, 0.25) is 0 Å². The normalized spacial score (nSPS) is 15.8. The van der Waals surface area contributed by atoms with Crippen LogP contribution in [0.25, 0.3) is 0 Å². The number of para-hydroxylation sites is 1. The van der Waals surface area contributed by atoms with Crippen LogP contribution in [-0.2, 0) is 11.8 Å². The summed E-state index contributed by atoms with van der Waals surface area (Å²) in [7, 11) is 3.38. The van der Waals surface area contributed by atoms with Gasteiger partial charge >= 0.3 is 6.03 Å². The van der Waals surface area contributed by atoms with Gasteiger partial charge in [0, 0.05) is 31.4 Å². The van der Waals surface area contributed by atoms with Crippen molar-refractivity contribution in [3.8, 4) is 0 Å². The topological polar surface area (TPSA) is 78.7 Å². The second kappa shape index (κ2) is 7.82. The average molecular weight is 405 g/mol. The highest BCUT2D eigenvalue weighted by molar-refractivity contribution is 6.20. The maximum Gasteiger partial charge on any atom is 0.322 e. The summed E-state index contributed by atoms with van der Waals surface area (Å²) in [6, 6.07) is 16.3. The fraction of sp³-hybridized carbons (Fsp3) is 0.136. The number of urea groups is 1. The van der Waals surface area contributed by atoms with E-state index in [0.29, 0.717) is 22.8 Å². The summed E-state index contributed by atoms with van der Waals surface area (Å²) in [4.78, 5) is 31.5. The van der Waals surface area contributed by atoms with Crippen molar-refractivity contribution in [1.29, 1.82) is 0 Å².